The number of aryl methyl sites for hydroxylation is 1. The van der Waals surface area contributed by atoms with E-state index in [1.165, 1.54) is 37.7 Å². The Morgan fingerprint density at radius 1 is 1.06 bits per heavy atom. The van der Waals surface area contributed by atoms with Gasteiger partial charge in [-0.25, -0.2) is 22.6 Å². The summed E-state index contributed by atoms with van der Waals surface area (Å²) in [5.41, 5.74) is 3.58. The Balaban J connectivity index is 0.849. The van der Waals surface area contributed by atoms with Gasteiger partial charge in [-0.2, -0.15) is 24.0 Å². The molecule has 6 aromatic rings. The van der Waals surface area contributed by atoms with E-state index in [0.29, 0.717) is 53.9 Å². The molecule has 3 N–H and O–H groups in total. The van der Waals surface area contributed by atoms with E-state index in [4.69, 9.17) is 4.74 Å². The van der Waals surface area contributed by atoms with Crippen molar-refractivity contribution in [3.05, 3.63) is 66.5 Å². The van der Waals surface area contributed by atoms with Crippen molar-refractivity contribution in [1.29, 1.82) is 0 Å². The molecule has 0 radical (unpaired) electrons. The van der Waals surface area contributed by atoms with Gasteiger partial charge in [-0.3, -0.25) is 29.7 Å². The number of fused-ring (bicyclic) bond motifs is 2. The lowest BCUT2D eigenvalue weighted by atomic mass is 9.78. The van der Waals surface area contributed by atoms with Crippen LogP contribution in [0, 0.1) is 11.7 Å². The first kappa shape index (κ1) is 41.4. The van der Waals surface area contributed by atoms with Crippen molar-refractivity contribution in [3.63, 3.8) is 0 Å². The van der Waals surface area contributed by atoms with Gasteiger partial charge in [0, 0.05) is 62.3 Å². The van der Waals surface area contributed by atoms with Gasteiger partial charge in [-0.1, -0.05) is 6.07 Å². The number of hydrogen-bond donors (Lipinski definition) is 3. The van der Waals surface area contributed by atoms with E-state index in [1.54, 1.807) is 17.1 Å². The average Bonchev–Trinajstić information content (AvgIpc) is 3.99. The molecule has 3 saturated heterocycles. The number of anilines is 3. The first-order valence-electron chi connectivity index (χ1n) is 21.0. The lowest BCUT2D eigenvalue weighted by molar-refractivity contribution is -0.120. The number of halogens is 1. The number of carbonyl (C=O) groups is 2. The predicted octanol–water partition coefficient (Wildman–Crippen LogP) is 5.58. The molecule has 4 aromatic heterocycles. The van der Waals surface area contributed by atoms with Gasteiger partial charge in [0.15, 0.2) is 11.6 Å². The second-order valence-corrected chi connectivity index (χ2v) is 19.3. The molecule has 9 rings (SSSR count). The number of ether oxygens (including phenoxy) is 1. The molecule has 7 heterocycles. The van der Waals surface area contributed by atoms with E-state index in [0.717, 1.165) is 49.3 Å². The van der Waals surface area contributed by atoms with Gasteiger partial charge in [0.05, 0.1) is 28.4 Å². The number of sulfonamides is 1. The Morgan fingerprint density at radius 2 is 1.90 bits per heavy atom. The van der Waals surface area contributed by atoms with Gasteiger partial charge in [-0.05, 0) is 108 Å². The number of amides is 3. The minimum Gasteiger partial charge on any atom is -0.485 e. The Bertz CT molecular complexity index is 2790. The van der Waals surface area contributed by atoms with Crippen LogP contribution in [0.25, 0.3) is 27.8 Å². The third-order valence-corrected chi connectivity index (χ3v) is 14.1. The summed E-state index contributed by atoms with van der Waals surface area (Å²) >= 11 is 0. The number of hydrogen-bond acceptors (Lipinski definition) is 12. The molecule has 3 amide bonds. The highest BCUT2D eigenvalue weighted by atomic mass is 32.2. The van der Waals surface area contributed by atoms with Crippen LogP contribution in [0.5, 0.6) is 5.75 Å². The van der Waals surface area contributed by atoms with Crippen LogP contribution in [0.15, 0.2) is 60.0 Å². The lowest BCUT2D eigenvalue weighted by Gasteiger charge is -2.48. The number of carbonyl (C=O) groups excluding carboxylic acids is 2. The van der Waals surface area contributed by atoms with Crippen molar-refractivity contribution in [3.8, 4) is 17.0 Å². The molecule has 0 saturated carbocycles. The second kappa shape index (κ2) is 16.0. The van der Waals surface area contributed by atoms with E-state index < -0.39 is 21.9 Å². The standard InChI is InChI=1S/C42H50FN13O5S/c1-25(2)61-37-36(29-20-45-46-21-29)44-24-56-39(37)49-40(51-56)47-33-11-9-30(18-32(33)43)62(59,60)54-14-6-7-26(23-54)22-53-15-12-28(19-42(53,3)4)27-8-10-31-34(17-27)52(5)50-38(31)55-16-13-35(57)48-41(55)58/h8-11,17-18,20-21,24-26,28H,6-7,12-16,19,22-23H2,1-5H3,(H,45,46)(H,47,51)(H,48,57,58)/t26-,28-/m0/s1. The number of likely N-dealkylation sites (tertiary alicyclic amines) is 1. The summed E-state index contributed by atoms with van der Waals surface area (Å²) in [6.45, 7) is 10.9. The first-order chi connectivity index (χ1) is 29.6. The summed E-state index contributed by atoms with van der Waals surface area (Å²) in [6, 6.07) is 9.71. The van der Waals surface area contributed by atoms with Crippen molar-refractivity contribution in [1.82, 2.24) is 54.1 Å². The Hall–Kier alpha value is -5.99. The third kappa shape index (κ3) is 7.85. The minimum absolute atomic E-state index is 0.0200. The van der Waals surface area contributed by atoms with Crippen LogP contribution in [-0.4, -0.2) is 113 Å². The quantitative estimate of drug-likeness (QED) is 0.146. The summed E-state index contributed by atoms with van der Waals surface area (Å²) in [5, 5.41) is 22.0. The molecule has 0 bridgehead atoms. The molecular weight excluding hydrogens is 818 g/mol. The highest BCUT2D eigenvalue weighted by Gasteiger charge is 2.39. The van der Waals surface area contributed by atoms with Crippen LogP contribution in [-0.2, 0) is 21.9 Å². The summed E-state index contributed by atoms with van der Waals surface area (Å²) in [7, 11) is -2.12. The molecule has 2 atom stereocenters. The van der Waals surface area contributed by atoms with Crippen LogP contribution in [0.4, 0.5) is 26.6 Å². The van der Waals surface area contributed by atoms with Gasteiger partial charge < -0.3 is 10.1 Å². The zero-order valence-electron chi connectivity index (χ0n) is 35.3. The number of benzene rings is 2. The zero-order valence-corrected chi connectivity index (χ0v) is 36.1. The highest BCUT2D eigenvalue weighted by Crippen LogP contribution is 2.41. The van der Waals surface area contributed by atoms with Crippen LogP contribution >= 0.6 is 0 Å². The summed E-state index contributed by atoms with van der Waals surface area (Å²) in [5.74, 6) is 0.385. The van der Waals surface area contributed by atoms with Crippen molar-refractivity contribution in [2.75, 3.05) is 42.9 Å². The van der Waals surface area contributed by atoms with Crippen LogP contribution in [0.1, 0.15) is 71.3 Å². The Kier molecular flexibility index (Phi) is 10.7. The van der Waals surface area contributed by atoms with Crippen LogP contribution in [0.2, 0.25) is 0 Å². The molecular formula is C42H50FN13O5S. The van der Waals surface area contributed by atoms with Crippen molar-refractivity contribution < 1.29 is 27.1 Å². The molecule has 0 unspecified atom stereocenters. The number of urea groups is 1. The Morgan fingerprint density at radius 3 is 2.65 bits per heavy atom. The number of aromatic nitrogens is 8. The molecule has 20 heteroatoms. The second-order valence-electron chi connectivity index (χ2n) is 17.3. The molecule has 3 fully saturated rings. The summed E-state index contributed by atoms with van der Waals surface area (Å²) in [6.07, 6.45) is 8.29. The maximum atomic E-state index is 15.7. The maximum Gasteiger partial charge on any atom is 0.329 e. The SMILES string of the molecule is CC(C)Oc1c(-c2cn[nH]c2)ncn2nc(Nc3ccc(S(=O)(=O)N4CCC[C@@H](CN5CC[C@H](c6ccc7c(N8CCC(=O)NC8=O)nn(C)c7c6)CC5(C)C)C4)cc3F)nc12. The summed E-state index contributed by atoms with van der Waals surface area (Å²) < 4.78 is 54.5. The van der Waals surface area contributed by atoms with Gasteiger partial charge in [0.2, 0.25) is 27.5 Å². The fraction of sp³-hybridized carbons (Fsp3) is 0.452. The molecule has 0 aliphatic carbocycles. The molecule has 62 heavy (non-hydrogen) atoms. The van der Waals surface area contributed by atoms with Crippen LogP contribution < -0.4 is 20.3 Å². The smallest absolute Gasteiger partial charge is 0.329 e. The van der Waals surface area contributed by atoms with Crippen molar-refractivity contribution in [2.45, 2.75) is 82.3 Å². The van der Waals surface area contributed by atoms with Gasteiger partial charge in [0.25, 0.3) is 0 Å². The van der Waals surface area contributed by atoms with Gasteiger partial charge >= 0.3 is 6.03 Å². The lowest BCUT2D eigenvalue weighted by Crippen LogP contribution is -2.53. The topological polar surface area (TPSA) is 201 Å². The van der Waals surface area contributed by atoms with E-state index in [9.17, 15) is 18.0 Å². The van der Waals surface area contributed by atoms with Gasteiger partial charge in [0.1, 0.15) is 17.8 Å². The molecule has 3 aliphatic heterocycles. The fourth-order valence-electron chi connectivity index (χ4n) is 9.10. The number of imide groups is 1. The number of H-pyrrole nitrogens is 1. The molecule has 326 valence electrons. The zero-order chi connectivity index (χ0) is 43.5. The molecule has 0 spiro atoms. The number of piperidine rings is 2. The number of rotatable bonds is 11. The molecule has 18 nitrogen and oxygen atoms in total. The Labute approximate surface area is 357 Å². The predicted molar refractivity (Wildman–Crippen MR) is 229 cm³/mol. The van der Waals surface area contributed by atoms with E-state index in [2.05, 4.69) is 71.9 Å². The average molecular weight is 868 g/mol. The molecule has 3 aliphatic rings. The number of nitrogens with zero attached hydrogens (tertiary/aromatic N) is 10. The van der Waals surface area contributed by atoms with Gasteiger partial charge in [-0.15, -0.1) is 5.10 Å². The summed E-state index contributed by atoms with van der Waals surface area (Å²) in [4.78, 5) is 37.3. The third-order valence-electron chi connectivity index (χ3n) is 12.2. The first-order valence-corrected chi connectivity index (χ1v) is 22.4. The number of nitrogens with one attached hydrogen (secondary N) is 3. The van der Waals surface area contributed by atoms with Crippen molar-refractivity contribution >= 4 is 56.0 Å². The largest absolute Gasteiger partial charge is 0.485 e. The molecule has 2 aromatic carbocycles. The van der Waals surface area contributed by atoms with E-state index in [1.807, 2.05) is 27.0 Å². The highest BCUT2D eigenvalue weighted by molar-refractivity contribution is 7.89. The van der Waals surface area contributed by atoms with E-state index in [-0.39, 0.29) is 53.0 Å². The maximum absolute atomic E-state index is 15.7. The van der Waals surface area contributed by atoms with Crippen molar-refractivity contribution in [2.24, 2.45) is 13.0 Å². The van der Waals surface area contributed by atoms with E-state index >= 15 is 4.39 Å². The fourth-order valence-corrected chi connectivity index (χ4v) is 10.7. The monoisotopic (exact) mass is 867 g/mol. The van der Waals surface area contributed by atoms with Crippen LogP contribution in [0.3, 0.4) is 0 Å². The normalized spacial score (nSPS) is 20.3. The number of aromatic amines is 1. The minimum atomic E-state index is -3.99.